The standard InChI is InChI=1S/C75H58O2P4/c1-75(2)65-46-29-49-70(79(59-34-15-5-16-35-59)60-36-17-6-18-37-60)73(65)77-74-66(75)52-56(54-72(74)81(63-42-23-9-24-43-63)64-44-25-10-26-45-64)55-50-51-68(71(53-55)80(61-38-19-7-20-39-61)62-40-21-8-22-41-62)76-67-47-27-28-48-69(67)78(57-30-11-3-12-31-57)58-32-13-4-14-33-58/h3-54H,1-2H3. The largest absolute Gasteiger partial charge is 0.456 e. The quantitative estimate of drug-likeness (QED) is 0.0953. The number of hydrogen-bond donors (Lipinski definition) is 0. The van der Waals surface area contributed by atoms with E-state index in [1.807, 2.05) is 0 Å². The molecule has 0 bridgehead atoms. The predicted molar refractivity (Wildman–Crippen MR) is 352 cm³/mol. The molecule has 12 aromatic rings. The summed E-state index contributed by atoms with van der Waals surface area (Å²) >= 11 is 0. The molecule has 0 unspecified atom stereocenters. The molecule has 1 aliphatic heterocycles. The molecule has 0 N–H and O–H groups in total. The fourth-order valence-corrected chi connectivity index (χ4v) is 20.8. The average molecular weight is 1120 g/mol. The molecule has 0 radical (unpaired) electrons. The number of hydrogen-bond acceptors (Lipinski definition) is 2. The molecule has 0 fully saturated rings. The van der Waals surface area contributed by atoms with Gasteiger partial charge in [0.15, 0.2) is 0 Å². The second-order valence-corrected chi connectivity index (χ2v) is 29.3. The molecule has 1 aliphatic rings. The second-order valence-electron chi connectivity index (χ2n) is 20.5. The Hall–Kier alpha value is -8.04. The van der Waals surface area contributed by atoms with Gasteiger partial charge in [-0.05, 0) is 116 Å². The van der Waals surface area contributed by atoms with Crippen LogP contribution in [0.2, 0.25) is 0 Å². The van der Waals surface area contributed by atoms with Gasteiger partial charge in [-0.1, -0.05) is 299 Å². The third-order valence-electron chi connectivity index (χ3n) is 15.1. The van der Waals surface area contributed by atoms with Crippen molar-refractivity contribution >= 4 is 95.3 Å². The van der Waals surface area contributed by atoms with Crippen LogP contribution in [0.4, 0.5) is 0 Å². The van der Waals surface area contributed by atoms with Gasteiger partial charge in [0.2, 0.25) is 0 Å². The molecule has 6 heteroatoms. The van der Waals surface area contributed by atoms with E-state index in [2.05, 4.69) is 329 Å². The highest BCUT2D eigenvalue weighted by Crippen LogP contribution is 2.54. The van der Waals surface area contributed by atoms with E-state index in [1.54, 1.807) is 0 Å². The first kappa shape index (κ1) is 52.3. The van der Waals surface area contributed by atoms with Crippen LogP contribution in [0.5, 0.6) is 23.0 Å². The van der Waals surface area contributed by atoms with Crippen LogP contribution in [0.25, 0.3) is 11.1 Å². The van der Waals surface area contributed by atoms with E-state index in [-0.39, 0.29) is 0 Å². The van der Waals surface area contributed by atoms with Gasteiger partial charge < -0.3 is 9.47 Å². The zero-order chi connectivity index (χ0) is 54.5. The summed E-state index contributed by atoms with van der Waals surface area (Å²) in [6.07, 6.45) is 0. The van der Waals surface area contributed by atoms with Gasteiger partial charge in [0.1, 0.15) is 23.0 Å². The Morgan fingerprint density at radius 3 is 1.01 bits per heavy atom. The van der Waals surface area contributed by atoms with Crippen molar-refractivity contribution in [1.82, 2.24) is 0 Å². The van der Waals surface area contributed by atoms with Crippen LogP contribution in [0.1, 0.15) is 25.0 Å². The molecule has 2 nitrogen and oxygen atoms in total. The Kier molecular flexibility index (Phi) is 15.2. The molecule has 390 valence electrons. The summed E-state index contributed by atoms with van der Waals surface area (Å²) in [4.78, 5) is 0. The van der Waals surface area contributed by atoms with Gasteiger partial charge in [0, 0.05) is 37.8 Å². The Morgan fingerprint density at radius 2 is 0.580 bits per heavy atom. The second kappa shape index (κ2) is 23.6. The highest BCUT2D eigenvalue weighted by molar-refractivity contribution is 7.81. The van der Waals surface area contributed by atoms with E-state index < -0.39 is 37.1 Å². The maximum Gasteiger partial charge on any atom is 0.139 e. The van der Waals surface area contributed by atoms with Crippen molar-refractivity contribution in [3.05, 3.63) is 327 Å². The molecular formula is C75H58O2P4. The molecular weight excluding hydrogens is 1060 g/mol. The first-order chi connectivity index (χ1) is 40.0. The molecule has 81 heavy (non-hydrogen) atoms. The van der Waals surface area contributed by atoms with E-state index in [1.165, 1.54) is 69.5 Å². The van der Waals surface area contributed by atoms with Crippen LogP contribution in [0.15, 0.2) is 315 Å². The SMILES string of the molecule is CC1(C)c2cccc(P(c3ccccc3)c3ccccc3)c2Oc2c(P(c3ccccc3)c3ccccc3)cc(-c3ccc(Oc4ccccc4P(c4ccccc4)c4ccccc4)c(P(c4ccccc4)c4ccccc4)c3)cc21. The Bertz CT molecular complexity index is 3920. The normalized spacial score (nSPS) is 12.5. The van der Waals surface area contributed by atoms with Crippen molar-refractivity contribution in [2.45, 2.75) is 19.3 Å². The number of benzene rings is 12. The first-order valence-corrected chi connectivity index (χ1v) is 32.9. The minimum Gasteiger partial charge on any atom is -0.456 e. The zero-order valence-corrected chi connectivity index (χ0v) is 48.7. The summed E-state index contributed by atoms with van der Waals surface area (Å²) in [7, 11) is -4.19. The lowest BCUT2D eigenvalue weighted by molar-refractivity contribution is 0.425. The Balaban J connectivity index is 1.03. The van der Waals surface area contributed by atoms with Crippen molar-refractivity contribution in [3.8, 4) is 34.1 Å². The highest BCUT2D eigenvalue weighted by Gasteiger charge is 2.40. The molecule has 0 aliphatic carbocycles. The van der Waals surface area contributed by atoms with Gasteiger partial charge in [-0.25, -0.2) is 0 Å². The minimum atomic E-state index is -1.13. The van der Waals surface area contributed by atoms with Crippen LogP contribution in [0.3, 0.4) is 0 Å². The van der Waals surface area contributed by atoms with Gasteiger partial charge in [0.05, 0.1) is 0 Å². The lowest BCUT2D eigenvalue weighted by Gasteiger charge is -2.39. The molecule has 12 aromatic carbocycles. The average Bonchev–Trinajstić information content (AvgIpc) is 3.72. The Labute approximate surface area is 481 Å². The van der Waals surface area contributed by atoms with E-state index in [0.29, 0.717) is 0 Å². The van der Waals surface area contributed by atoms with E-state index in [9.17, 15) is 0 Å². The smallest absolute Gasteiger partial charge is 0.139 e. The first-order valence-electron chi connectivity index (χ1n) is 27.5. The summed E-state index contributed by atoms with van der Waals surface area (Å²) in [5, 5.41) is 14.9. The van der Waals surface area contributed by atoms with Crippen molar-refractivity contribution in [2.75, 3.05) is 0 Å². The summed E-state index contributed by atoms with van der Waals surface area (Å²) < 4.78 is 15.3. The summed E-state index contributed by atoms with van der Waals surface area (Å²) in [6, 6.07) is 115. The van der Waals surface area contributed by atoms with Crippen LogP contribution in [-0.2, 0) is 5.41 Å². The fourth-order valence-electron chi connectivity index (χ4n) is 11.2. The van der Waals surface area contributed by atoms with Gasteiger partial charge >= 0.3 is 0 Å². The van der Waals surface area contributed by atoms with Crippen molar-refractivity contribution in [2.24, 2.45) is 0 Å². The maximum absolute atomic E-state index is 7.79. The molecule has 0 aromatic heterocycles. The summed E-state index contributed by atoms with van der Waals surface area (Å²) in [5.74, 6) is 3.60. The lowest BCUT2D eigenvalue weighted by atomic mass is 9.75. The predicted octanol–water partition coefficient (Wildman–Crippen LogP) is 14.6. The summed E-state index contributed by atoms with van der Waals surface area (Å²) in [6.45, 7) is 4.80. The molecule has 0 saturated carbocycles. The van der Waals surface area contributed by atoms with Gasteiger partial charge in [0.25, 0.3) is 0 Å². The molecule has 0 atom stereocenters. The topological polar surface area (TPSA) is 18.5 Å². The Morgan fingerprint density at radius 1 is 0.259 bits per heavy atom. The fraction of sp³-hybridized carbons (Fsp3) is 0.0400. The molecule has 1 heterocycles. The van der Waals surface area contributed by atoms with Crippen molar-refractivity contribution in [3.63, 3.8) is 0 Å². The molecule has 0 saturated heterocycles. The van der Waals surface area contributed by atoms with Crippen LogP contribution < -0.4 is 73.1 Å². The van der Waals surface area contributed by atoms with Crippen LogP contribution >= 0.6 is 31.7 Å². The lowest BCUT2D eigenvalue weighted by Crippen LogP contribution is -2.33. The van der Waals surface area contributed by atoms with Crippen LogP contribution in [0, 0.1) is 0 Å². The molecule has 0 spiro atoms. The summed E-state index contributed by atoms with van der Waals surface area (Å²) in [5.41, 5.74) is 4.15. The monoisotopic (exact) mass is 1110 g/mol. The highest BCUT2D eigenvalue weighted by atomic mass is 31.1. The van der Waals surface area contributed by atoms with Gasteiger partial charge in [-0.2, -0.15) is 0 Å². The number of para-hydroxylation sites is 2. The number of rotatable bonds is 15. The number of fused-ring (bicyclic) bond motifs is 2. The van der Waals surface area contributed by atoms with Crippen molar-refractivity contribution < 1.29 is 9.47 Å². The zero-order valence-electron chi connectivity index (χ0n) is 45.1. The molecule has 13 rings (SSSR count). The van der Waals surface area contributed by atoms with Crippen LogP contribution in [-0.4, -0.2) is 0 Å². The van der Waals surface area contributed by atoms with Crippen molar-refractivity contribution in [1.29, 1.82) is 0 Å². The third kappa shape index (κ3) is 10.6. The minimum absolute atomic E-state index is 0.460. The third-order valence-corrected chi connectivity index (χ3v) is 24.9. The number of ether oxygens (including phenoxy) is 2. The molecule has 0 amide bonds. The van der Waals surface area contributed by atoms with Gasteiger partial charge in [-0.15, -0.1) is 0 Å². The van der Waals surface area contributed by atoms with E-state index >= 15 is 0 Å². The maximum atomic E-state index is 7.79. The van der Waals surface area contributed by atoms with E-state index in [0.717, 1.165) is 39.4 Å². The van der Waals surface area contributed by atoms with E-state index in [4.69, 9.17) is 9.47 Å². The van der Waals surface area contributed by atoms with Gasteiger partial charge in [-0.3, -0.25) is 0 Å².